The maximum absolute atomic E-state index is 15.0. The summed E-state index contributed by atoms with van der Waals surface area (Å²) in [5, 5.41) is 23.1. The summed E-state index contributed by atoms with van der Waals surface area (Å²) in [7, 11) is 1.69. The van der Waals surface area contributed by atoms with Crippen LogP contribution >= 0.6 is 0 Å². The minimum Gasteiger partial charge on any atom is -0.459 e. The van der Waals surface area contributed by atoms with Crippen molar-refractivity contribution in [1.82, 2.24) is 14.5 Å². The van der Waals surface area contributed by atoms with Crippen molar-refractivity contribution in [3.05, 3.63) is 33.1 Å². The fourth-order valence-electron chi connectivity index (χ4n) is 2.75. The lowest BCUT2D eigenvalue weighted by atomic mass is 10.1. The van der Waals surface area contributed by atoms with Gasteiger partial charge in [-0.1, -0.05) is 13.8 Å². The van der Waals surface area contributed by atoms with Crippen molar-refractivity contribution >= 4 is 12.1 Å². The van der Waals surface area contributed by atoms with Crippen LogP contribution in [-0.2, 0) is 19.0 Å². The normalized spacial score (nSPS) is 25.6. The van der Waals surface area contributed by atoms with Crippen molar-refractivity contribution in [2.75, 3.05) is 26.8 Å². The molecular formula is C18H26FN3O9. The van der Waals surface area contributed by atoms with Gasteiger partial charge in [-0.25, -0.2) is 14.0 Å². The summed E-state index contributed by atoms with van der Waals surface area (Å²) >= 11 is 0. The zero-order chi connectivity index (χ0) is 23.3. The van der Waals surface area contributed by atoms with Crippen molar-refractivity contribution < 1.29 is 38.4 Å². The first-order valence-corrected chi connectivity index (χ1v) is 9.59. The minimum absolute atomic E-state index is 0.0729. The van der Waals surface area contributed by atoms with Gasteiger partial charge in [0.25, 0.3) is 11.4 Å². The number of rotatable bonds is 8. The van der Waals surface area contributed by atoms with Gasteiger partial charge in [0.15, 0.2) is 12.8 Å². The first-order chi connectivity index (χ1) is 14.5. The first-order valence-electron chi connectivity index (χ1n) is 9.59. The molecule has 0 aromatic carbocycles. The van der Waals surface area contributed by atoms with Crippen LogP contribution in [0.15, 0.2) is 21.9 Å². The second-order valence-corrected chi connectivity index (χ2v) is 7.24. The molecule has 31 heavy (non-hydrogen) atoms. The molecule has 2 heterocycles. The fraction of sp³-hybridized carbons (Fsp3) is 0.667. The van der Waals surface area contributed by atoms with Crippen LogP contribution in [0.1, 0.15) is 26.5 Å². The SMILES string of the molecule is CNCCCOC(=O)n1c(=O)ccn([C@@H]2O[C@](F)(COC(=O)C(C)C)[C@@H](O)[C@H]2O)c1=O. The van der Waals surface area contributed by atoms with Gasteiger partial charge in [0.2, 0.25) is 0 Å². The maximum atomic E-state index is 15.0. The third-order valence-corrected chi connectivity index (χ3v) is 4.52. The number of aliphatic hydroxyl groups is 2. The molecule has 0 amide bonds. The van der Waals surface area contributed by atoms with E-state index in [-0.39, 0.29) is 11.2 Å². The topological polar surface area (TPSA) is 158 Å². The van der Waals surface area contributed by atoms with E-state index < -0.39 is 60.1 Å². The van der Waals surface area contributed by atoms with Crippen LogP contribution in [0.2, 0.25) is 0 Å². The number of halogens is 1. The van der Waals surface area contributed by atoms with Crippen molar-refractivity contribution in [2.24, 2.45) is 5.92 Å². The largest absolute Gasteiger partial charge is 0.459 e. The smallest absolute Gasteiger partial charge is 0.425 e. The summed E-state index contributed by atoms with van der Waals surface area (Å²) in [5.41, 5.74) is -2.28. The molecule has 1 saturated heterocycles. The van der Waals surface area contributed by atoms with Gasteiger partial charge in [0, 0.05) is 12.3 Å². The summed E-state index contributed by atoms with van der Waals surface area (Å²) in [6, 6.07) is 0.815. The molecule has 12 nitrogen and oxygen atoms in total. The van der Waals surface area contributed by atoms with Gasteiger partial charge in [0.05, 0.1) is 12.5 Å². The molecule has 0 bridgehead atoms. The monoisotopic (exact) mass is 447 g/mol. The quantitative estimate of drug-likeness (QED) is 0.324. The number of aliphatic hydroxyl groups excluding tert-OH is 2. The molecule has 0 unspecified atom stereocenters. The van der Waals surface area contributed by atoms with E-state index in [9.17, 15) is 29.4 Å². The fourth-order valence-corrected chi connectivity index (χ4v) is 2.75. The Kier molecular flexibility index (Phi) is 8.06. The molecule has 1 aliphatic rings. The second-order valence-electron chi connectivity index (χ2n) is 7.24. The molecule has 0 saturated carbocycles. The van der Waals surface area contributed by atoms with Crippen molar-refractivity contribution in [1.29, 1.82) is 0 Å². The molecular weight excluding hydrogens is 421 g/mol. The van der Waals surface area contributed by atoms with E-state index in [0.717, 1.165) is 12.3 Å². The van der Waals surface area contributed by atoms with E-state index in [1.54, 1.807) is 7.05 Å². The van der Waals surface area contributed by atoms with Crippen LogP contribution < -0.4 is 16.6 Å². The Morgan fingerprint density at radius 3 is 2.61 bits per heavy atom. The second kappa shape index (κ2) is 10.1. The van der Waals surface area contributed by atoms with E-state index in [1.807, 2.05) is 0 Å². The molecule has 1 aliphatic heterocycles. The molecule has 1 aromatic rings. The van der Waals surface area contributed by atoms with E-state index in [0.29, 0.717) is 17.5 Å². The first kappa shape index (κ1) is 24.7. The summed E-state index contributed by atoms with van der Waals surface area (Å²) in [4.78, 5) is 48.4. The lowest BCUT2D eigenvalue weighted by Gasteiger charge is -2.23. The zero-order valence-electron chi connectivity index (χ0n) is 17.3. The highest BCUT2D eigenvalue weighted by Crippen LogP contribution is 2.38. The van der Waals surface area contributed by atoms with Crippen LogP contribution in [0.4, 0.5) is 9.18 Å². The molecule has 4 atom stereocenters. The van der Waals surface area contributed by atoms with Gasteiger partial charge in [-0.2, -0.15) is 4.57 Å². The molecule has 0 spiro atoms. The summed E-state index contributed by atoms with van der Waals surface area (Å²) in [6.45, 7) is 2.44. The minimum atomic E-state index is -3.03. The highest BCUT2D eigenvalue weighted by Gasteiger charge is 2.57. The molecule has 0 radical (unpaired) electrons. The Morgan fingerprint density at radius 1 is 1.32 bits per heavy atom. The third-order valence-electron chi connectivity index (χ3n) is 4.52. The van der Waals surface area contributed by atoms with E-state index in [2.05, 4.69) is 5.32 Å². The van der Waals surface area contributed by atoms with Crippen molar-refractivity contribution in [2.45, 2.75) is 44.6 Å². The maximum Gasteiger partial charge on any atom is 0.425 e. The number of aromatic nitrogens is 2. The molecule has 13 heteroatoms. The molecule has 2 rings (SSSR count). The van der Waals surface area contributed by atoms with E-state index in [4.69, 9.17) is 14.2 Å². The number of hydrogen-bond acceptors (Lipinski definition) is 10. The number of hydrogen-bond donors (Lipinski definition) is 3. The molecule has 1 fully saturated rings. The Bertz CT molecular complexity index is 915. The van der Waals surface area contributed by atoms with Gasteiger partial charge in [-0.05, 0) is 20.0 Å². The third kappa shape index (κ3) is 5.36. The van der Waals surface area contributed by atoms with Gasteiger partial charge < -0.3 is 29.7 Å². The predicted octanol–water partition coefficient (Wildman–Crippen LogP) is -1.28. The highest BCUT2D eigenvalue weighted by atomic mass is 19.2. The van der Waals surface area contributed by atoms with Gasteiger partial charge >= 0.3 is 17.8 Å². The molecule has 3 N–H and O–H groups in total. The Labute approximate surface area is 176 Å². The summed E-state index contributed by atoms with van der Waals surface area (Å²) < 4.78 is 30.4. The number of esters is 1. The number of nitrogens with zero attached hydrogens (tertiary/aromatic N) is 2. The molecule has 1 aromatic heterocycles. The lowest BCUT2D eigenvalue weighted by Crippen LogP contribution is -2.46. The van der Waals surface area contributed by atoms with Crippen LogP contribution in [0, 0.1) is 5.92 Å². The number of carbonyl (C=O) groups excluding carboxylic acids is 2. The number of ether oxygens (including phenoxy) is 3. The van der Waals surface area contributed by atoms with Crippen LogP contribution in [0.3, 0.4) is 0 Å². The Balaban J connectivity index is 2.26. The lowest BCUT2D eigenvalue weighted by molar-refractivity contribution is -0.218. The zero-order valence-corrected chi connectivity index (χ0v) is 17.3. The number of alkyl halides is 1. The summed E-state index contributed by atoms with van der Waals surface area (Å²) in [5.74, 6) is -4.37. The van der Waals surface area contributed by atoms with Crippen molar-refractivity contribution in [3.8, 4) is 0 Å². The van der Waals surface area contributed by atoms with Crippen LogP contribution in [0.25, 0.3) is 0 Å². The molecule has 0 aliphatic carbocycles. The van der Waals surface area contributed by atoms with E-state index >= 15 is 4.39 Å². The molecule has 174 valence electrons. The van der Waals surface area contributed by atoms with Gasteiger partial charge in [0.1, 0.15) is 12.2 Å². The van der Waals surface area contributed by atoms with Gasteiger partial charge in [-0.3, -0.25) is 14.2 Å². The van der Waals surface area contributed by atoms with E-state index in [1.165, 1.54) is 13.8 Å². The number of nitrogens with one attached hydrogen (secondary N) is 1. The standard InChI is InChI=1S/C18H26FN3O9/c1-10(2)15(26)30-9-18(19)13(25)12(24)14(31-18)21-7-5-11(23)22(16(21)27)17(28)29-8-4-6-20-3/h5,7,10,12-14,20,24-25H,4,6,8-9H2,1-3H3/t12-,13+,14-,18-/m1/s1. The average molecular weight is 447 g/mol. The van der Waals surface area contributed by atoms with Crippen LogP contribution in [0.5, 0.6) is 0 Å². The highest BCUT2D eigenvalue weighted by molar-refractivity contribution is 5.71. The average Bonchev–Trinajstić information content (AvgIpc) is 2.94. The summed E-state index contributed by atoms with van der Waals surface area (Å²) in [6.07, 6.45) is -5.92. The Hall–Kier alpha value is -2.61. The van der Waals surface area contributed by atoms with Crippen LogP contribution in [-0.4, -0.2) is 76.3 Å². The predicted molar refractivity (Wildman–Crippen MR) is 102 cm³/mol. The Morgan fingerprint density at radius 2 is 2.00 bits per heavy atom. The number of carbonyl (C=O) groups is 2. The van der Waals surface area contributed by atoms with Gasteiger partial charge in [-0.15, -0.1) is 0 Å². The van der Waals surface area contributed by atoms with Crippen molar-refractivity contribution in [3.63, 3.8) is 0 Å².